The molecule has 1 N–H and O–H groups in total. The summed E-state index contributed by atoms with van der Waals surface area (Å²) in [4.78, 5) is 27.9. The fourth-order valence-electron chi connectivity index (χ4n) is 3.17. The van der Waals surface area contributed by atoms with E-state index in [1.54, 1.807) is 6.92 Å². The van der Waals surface area contributed by atoms with E-state index in [4.69, 9.17) is 4.74 Å². The average Bonchev–Trinajstić information content (AvgIpc) is 3.19. The van der Waals surface area contributed by atoms with Gasteiger partial charge < -0.3 is 14.6 Å². The Morgan fingerprint density at radius 3 is 2.72 bits per heavy atom. The van der Waals surface area contributed by atoms with Crippen molar-refractivity contribution in [1.82, 2.24) is 14.9 Å². The van der Waals surface area contributed by atoms with Crippen LogP contribution in [0.25, 0.3) is 0 Å². The lowest BCUT2D eigenvalue weighted by atomic mass is 10.2. The number of amides is 1. The molecule has 1 heterocycles. The highest BCUT2D eigenvalue weighted by Crippen LogP contribution is 2.35. The van der Waals surface area contributed by atoms with Crippen LogP contribution < -0.4 is 5.32 Å². The molecule has 1 aliphatic carbocycles. The highest BCUT2D eigenvalue weighted by molar-refractivity contribution is 7.99. The molecule has 0 saturated heterocycles. The maximum atomic E-state index is 12.0. The molecule has 0 atom stereocenters. The van der Waals surface area contributed by atoms with Gasteiger partial charge in [0.15, 0.2) is 5.16 Å². The van der Waals surface area contributed by atoms with Gasteiger partial charge in [0.2, 0.25) is 5.91 Å². The zero-order valence-electron chi connectivity index (χ0n) is 15.5. The Labute approximate surface area is 154 Å². The van der Waals surface area contributed by atoms with E-state index >= 15 is 0 Å². The molecule has 1 aliphatic rings. The second-order valence-corrected chi connectivity index (χ2v) is 7.36. The van der Waals surface area contributed by atoms with Crippen molar-refractivity contribution in [2.24, 2.45) is 0 Å². The molecule has 7 heteroatoms. The predicted octanol–water partition coefficient (Wildman–Crippen LogP) is 3.17. The maximum Gasteiger partial charge on any atom is 0.305 e. The number of esters is 1. The topological polar surface area (TPSA) is 73.2 Å². The molecule has 1 amide bonds. The first-order chi connectivity index (χ1) is 12.0. The molecule has 0 aromatic carbocycles. The Kier molecular flexibility index (Phi) is 7.81. The minimum absolute atomic E-state index is 0.0230. The lowest BCUT2D eigenvalue weighted by Gasteiger charge is -2.16. The van der Waals surface area contributed by atoms with Crippen LogP contribution in [0.15, 0.2) is 5.16 Å². The van der Waals surface area contributed by atoms with Crippen molar-refractivity contribution >= 4 is 23.6 Å². The van der Waals surface area contributed by atoms with Gasteiger partial charge in [0, 0.05) is 24.7 Å². The summed E-state index contributed by atoms with van der Waals surface area (Å²) in [5.74, 6) is 0.114. The van der Waals surface area contributed by atoms with Crippen molar-refractivity contribution in [1.29, 1.82) is 0 Å². The Morgan fingerprint density at radius 1 is 1.32 bits per heavy atom. The van der Waals surface area contributed by atoms with Gasteiger partial charge in [-0.1, -0.05) is 24.6 Å². The number of hydrogen-bond donors (Lipinski definition) is 1. The summed E-state index contributed by atoms with van der Waals surface area (Å²) in [5, 5.41) is 3.80. The second-order valence-electron chi connectivity index (χ2n) is 6.42. The molecule has 25 heavy (non-hydrogen) atoms. The minimum atomic E-state index is -0.212. The Bertz CT molecular complexity index is 595. The molecular weight excluding hydrogens is 338 g/mol. The third-order valence-electron chi connectivity index (χ3n) is 4.56. The normalized spacial score (nSPS) is 14.7. The first-order valence-corrected chi connectivity index (χ1v) is 10.1. The van der Waals surface area contributed by atoms with E-state index < -0.39 is 0 Å². The van der Waals surface area contributed by atoms with Gasteiger partial charge in [-0.2, -0.15) is 0 Å². The van der Waals surface area contributed by atoms with Crippen molar-refractivity contribution < 1.29 is 14.3 Å². The van der Waals surface area contributed by atoms with Gasteiger partial charge in [-0.15, -0.1) is 0 Å². The van der Waals surface area contributed by atoms with Crippen LogP contribution >= 0.6 is 11.8 Å². The Hall–Kier alpha value is -1.50. The van der Waals surface area contributed by atoms with Crippen LogP contribution in [0.1, 0.15) is 62.9 Å². The van der Waals surface area contributed by atoms with Crippen LogP contribution in [0.4, 0.5) is 0 Å². The summed E-state index contributed by atoms with van der Waals surface area (Å²) in [7, 11) is 0. The summed E-state index contributed by atoms with van der Waals surface area (Å²) in [5.41, 5.74) is 2.26. The molecule has 0 spiro atoms. The van der Waals surface area contributed by atoms with Crippen LogP contribution in [-0.4, -0.2) is 40.3 Å². The van der Waals surface area contributed by atoms with E-state index in [0.29, 0.717) is 37.8 Å². The number of rotatable bonds is 9. The largest absolute Gasteiger partial charge is 0.466 e. The third kappa shape index (κ3) is 5.76. The van der Waals surface area contributed by atoms with Gasteiger partial charge in [0.05, 0.1) is 18.1 Å². The summed E-state index contributed by atoms with van der Waals surface area (Å²) in [6.07, 6.45) is 5.88. The number of aromatic nitrogens is 2. The number of ether oxygens (including phenoxy) is 1. The van der Waals surface area contributed by atoms with Crippen LogP contribution in [0.2, 0.25) is 0 Å². The van der Waals surface area contributed by atoms with Crippen molar-refractivity contribution in [3.8, 4) is 0 Å². The number of carbonyl (C=O) groups is 2. The number of thioether (sulfide) groups is 1. The number of hydrogen-bond acceptors (Lipinski definition) is 5. The first-order valence-electron chi connectivity index (χ1n) is 9.13. The summed E-state index contributed by atoms with van der Waals surface area (Å²) < 4.78 is 7.18. The SMILES string of the molecule is CCOC(=O)CCCNC(=O)CSc1nc(C)c(C)n1C1CCCC1. The van der Waals surface area contributed by atoms with Crippen molar-refractivity contribution in [3.63, 3.8) is 0 Å². The number of nitrogens with one attached hydrogen (secondary N) is 1. The summed E-state index contributed by atoms with van der Waals surface area (Å²) >= 11 is 1.50. The fraction of sp³-hybridized carbons (Fsp3) is 0.722. The molecule has 140 valence electrons. The molecule has 0 unspecified atom stereocenters. The Balaban J connectivity index is 1.78. The summed E-state index contributed by atoms with van der Waals surface area (Å²) in [6.45, 7) is 6.82. The van der Waals surface area contributed by atoms with Crippen LogP contribution in [0.3, 0.4) is 0 Å². The first kappa shape index (κ1) is 19.8. The van der Waals surface area contributed by atoms with Gasteiger partial charge in [-0.3, -0.25) is 9.59 Å². The maximum absolute atomic E-state index is 12.0. The smallest absolute Gasteiger partial charge is 0.305 e. The fourth-order valence-corrected chi connectivity index (χ4v) is 4.15. The second kappa shape index (κ2) is 9.85. The zero-order chi connectivity index (χ0) is 18.2. The molecule has 6 nitrogen and oxygen atoms in total. The number of carbonyl (C=O) groups excluding carboxylic acids is 2. The van der Waals surface area contributed by atoms with Crippen LogP contribution in [0.5, 0.6) is 0 Å². The lowest BCUT2D eigenvalue weighted by molar-refractivity contribution is -0.143. The zero-order valence-corrected chi connectivity index (χ0v) is 16.3. The van der Waals surface area contributed by atoms with E-state index in [9.17, 15) is 9.59 Å². The molecular formula is C18H29N3O3S. The quantitative estimate of drug-likeness (QED) is 0.412. The molecule has 1 aromatic rings. The highest BCUT2D eigenvalue weighted by Gasteiger charge is 2.23. The van der Waals surface area contributed by atoms with E-state index in [1.807, 2.05) is 6.92 Å². The van der Waals surface area contributed by atoms with Gasteiger partial charge >= 0.3 is 5.97 Å². The van der Waals surface area contributed by atoms with Gasteiger partial charge in [0.1, 0.15) is 0 Å². The number of imidazole rings is 1. The standard InChI is InChI=1S/C18H29N3O3S/c1-4-24-17(23)10-7-11-19-16(22)12-25-18-20-13(2)14(3)21(18)15-8-5-6-9-15/h15H,4-12H2,1-3H3,(H,19,22). The number of aryl methyl sites for hydroxylation is 1. The van der Waals surface area contributed by atoms with Gasteiger partial charge in [0.25, 0.3) is 0 Å². The van der Waals surface area contributed by atoms with Crippen LogP contribution in [-0.2, 0) is 14.3 Å². The van der Waals surface area contributed by atoms with E-state index in [0.717, 1.165) is 10.9 Å². The molecule has 1 aromatic heterocycles. The van der Waals surface area contributed by atoms with E-state index in [-0.39, 0.29) is 11.9 Å². The monoisotopic (exact) mass is 367 g/mol. The van der Waals surface area contributed by atoms with E-state index in [1.165, 1.54) is 43.1 Å². The Morgan fingerprint density at radius 2 is 2.04 bits per heavy atom. The molecule has 0 radical (unpaired) electrons. The molecule has 2 rings (SSSR count). The molecule has 1 saturated carbocycles. The third-order valence-corrected chi connectivity index (χ3v) is 5.51. The average molecular weight is 368 g/mol. The molecule has 1 fully saturated rings. The van der Waals surface area contributed by atoms with Crippen LogP contribution in [0, 0.1) is 13.8 Å². The van der Waals surface area contributed by atoms with E-state index in [2.05, 4.69) is 21.8 Å². The minimum Gasteiger partial charge on any atom is -0.466 e. The number of nitrogens with zero attached hydrogens (tertiary/aromatic N) is 2. The van der Waals surface area contributed by atoms with Gasteiger partial charge in [-0.25, -0.2) is 4.98 Å². The van der Waals surface area contributed by atoms with Crippen molar-refractivity contribution in [2.45, 2.75) is 70.5 Å². The van der Waals surface area contributed by atoms with Crippen molar-refractivity contribution in [3.05, 3.63) is 11.4 Å². The predicted molar refractivity (Wildman–Crippen MR) is 98.8 cm³/mol. The molecule has 0 bridgehead atoms. The molecule has 0 aliphatic heterocycles. The van der Waals surface area contributed by atoms with Crippen molar-refractivity contribution in [2.75, 3.05) is 18.9 Å². The van der Waals surface area contributed by atoms with Gasteiger partial charge in [-0.05, 0) is 40.0 Å². The highest BCUT2D eigenvalue weighted by atomic mass is 32.2. The summed E-state index contributed by atoms with van der Waals surface area (Å²) in [6, 6.07) is 0.524. The lowest BCUT2D eigenvalue weighted by Crippen LogP contribution is -2.27.